The van der Waals surface area contributed by atoms with Crippen molar-refractivity contribution in [2.75, 3.05) is 7.05 Å². The largest absolute Gasteiger partial charge is 0.300 e. The van der Waals surface area contributed by atoms with Gasteiger partial charge in [0.15, 0.2) is 5.78 Å². The van der Waals surface area contributed by atoms with E-state index < -0.39 is 0 Å². The van der Waals surface area contributed by atoms with Crippen LogP contribution in [0.1, 0.15) is 42.5 Å². The molecule has 120 valence electrons. The fourth-order valence-electron chi connectivity index (χ4n) is 4.02. The number of fused-ring (bicyclic) bond motifs is 2. The Morgan fingerprint density at radius 2 is 1.87 bits per heavy atom. The summed E-state index contributed by atoms with van der Waals surface area (Å²) in [6.45, 7) is 0. The van der Waals surface area contributed by atoms with Crippen molar-refractivity contribution >= 4 is 5.78 Å². The standard InChI is InChI=1S/C17H21N5O/c1-21-14-3-2-4-15(21)8-12(7-14)16(23)13-9-19-17(20-10-13)22-6-5-18-11-22/h5-6,9-12,14-15H,2-4,7-8H2,1H3. The van der Waals surface area contributed by atoms with Gasteiger partial charge in [-0.2, -0.15) is 0 Å². The third-order valence-corrected chi connectivity index (χ3v) is 5.37. The highest BCUT2D eigenvalue weighted by atomic mass is 16.1. The lowest BCUT2D eigenvalue weighted by Crippen LogP contribution is -2.51. The van der Waals surface area contributed by atoms with Gasteiger partial charge in [0, 0.05) is 42.8 Å². The average Bonchev–Trinajstić information content (AvgIpc) is 3.08. The van der Waals surface area contributed by atoms with Gasteiger partial charge >= 0.3 is 0 Å². The van der Waals surface area contributed by atoms with E-state index in [4.69, 9.17) is 0 Å². The van der Waals surface area contributed by atoms with E-state index in [9.17, 15) is 4.79 Å². The molecule has 0 spiro atoms. The molecule has 0 N–H and O–H groups in total. The number of hydrogen-bond donors (Lipinski definition) is 0. The summed E-state index contributed by atoms with van der Waals surface area (Å²) in [6, 6.07) is 1.12. The first-order chi connectivity index (χ1) is 11.2. The summed E-state index contributed by atoms with van der Waals surface area (Å²) >= 11 is 0. The molecular formula is C17H21N5O. The number of hydrogen-bond acceptors (Lipinski definition) is 5. The number of imidazole rings is 1. The Morgan fingerprint density at radius 3 is 2.48 bits per heavy atom. The summed E-state index contributed by atoms with van der Waals surface area (Å²) in [6.07, 6.45) is 14.1. The average molecular weight is 311 g/mol. The zero-order valence-electron chi connectivity index (χ0n) is 13.3. The molecular weight excluding hydrogens is 290 g/mol. The van der Waals surface area contributed by atoms with Crippen LogP contribution in [0.2, 0.25) is 0 Å². The lowest BCUT2D eigenvalue weighted by molar-refractivity contribution is 0.0338. The van der Waals surface area contributed by atoms with Crippen LogP contribution in [0, 0.1) is 5.92 Å². The molecule has 4 heterocycles. The number of Topliss-reactive ketones (excluding diaryl/α,β-unsaturated/α-hetero) is 1. The van der Waals surface area contributed by atoms with E-state index in [1.807, 2.05) is 0 Å². The van der Waals surface area contributed by atoms with Gasteiger partial charge in [-0.1, -0.05) is 6.42 Å². The number of carbonyl (C=O) groups is 1. The molecule has 0 saturated carbocycles. The molecule has 0 amide bonds. The summed E-state index contributed by atoms with van der Waals surface area (Å²) in [5.74, 6) is 0.857. The van der Waals surface area contributed by atoms with Crippen LogP contribution in [0.5, 0.6) is 0 Å². The van der Waals surface area contributed by atoms with Crippen molar-refractivity contribution in [2.45, 2.75) is 44.2 Å². The van der Waals surface area contributed by atoms with Crippen molar-refractivity contribution in [3.63, 3.8) is 0 Å². The Balaban J connectivity index is 1.51. The van der Waals surface area contributed by atoms with Crippen LogP contribution < -0.4 is 0 Å². The molecule has 2 bridgehead atoms. The van der Waals surface area contributed by atoms with Crippen LogP contribution >= 0.6 is 0 Å². The zero-order valence-corrected chi connectivity index (χ0v) is 13.3. The molecule has 0 aromatic carbocycles. The van der Waals surface area contributed by atoms with Crippen molar-refractivity contribution in [3.8, 4) is 5.95 Å². The maximum atomic E-state index is 12.8. The Morgan fingerprint density at radius 1 is 1.17 bits per heavy atom. The molecule has 2 aliphatic heterocycles. The van der Waals surface area contributed by atoms with Gasteiger partial charge in [-0.05, 0) is 32.7 Å². The molecule has 6 nitrogen and oxygen atoms in total. The third kappa shape index (κ3) is 2.67. The number of nitrogens with zero attached hydrogens (tertiary/aromatic N) is 5. The highest BCUT2D eigenvalue weighted by Gasteiger charge is 2.38. The molecule has 23 heavy (non-hydrogen) atoms. The van der Waals surface area contributed by atoms with Crippen LogP contribution in [-0.4, -0.2) is 49.3 Å². The highest BCUT2D eigenvalue weighted by Crippen LogP contribution is 2.37. The summed E-state index contributed by atoms with van der Waals surface area (Å²) in [5.41, 5.74) is 0.626. The minimum absolute atomic E-state index is 0.115. The maximum absolute atomic E-state index is 12.8. The molecule has 6 heteroatoms. The van der Waals surface area contributed by atoms with Crippen molar-refractivity contribution < 1.29 is 4.79 Å². The van der Waals surface area contributed by atoms with Gasteiger partial charge in [0.25, 0.3) is 0 Å². The van der Waals surface area contributed by atoms with E-state index in [1.54, 1.807) is 35.7 Å². The predicted molar refractivity (Wildman–Crippen MR) is 85.4 cm³/mol. The Kier molecular flexibility index (Phi) is 3.69. The summed E-state index contributed by atoms with van der Waals surface area (Å²) in [4.78, 5) is 27.9. The van der Waals surface area contributed by atoms with Gasteiger partial charge in [0.05, 0.1) is 5.56 Å². The Bertz CT molecular complexity index is 668. The van der Waals surface area contributed by atoms with Gasteiger partial charge in [0.1, 0.15) is 6.33 Å². The monoisotopic (exact) mass is 311 g/mol. The van der Waals surface area contributed by atoms with E-state index in [0.29, 0.717) is 23.6 Å². The first-order valence-electron chi connectivity index (χ1n) is 8.29. The SMILES string of the molecule is CN1C2CCCC1CC(C(=O)c1cnc(-n3ccnc3)nc1)C2. The fourth-order valence-corrected chi connectivity index (χ4v) is 4.02. The van der Waals surface area contributed by atoms with Crippen molar-refractivity contribution in [2.24, 2.45) is 5.92 Å². The highest BCUT2D eigenvalue weighted by molar-refractivity contribution is 5.97. The lowest BCUT2D eigenvalue weighted by Gasteiger charge is -2.46. The van der Waals surface area contributed by atoms with Gasteiger partial charge in [0.2, 0.25) is 5.95 Å². The first kappa shape index (κ1) is 14.5. The minimum atomic E-state index is 0.115. The number of carbonyl (C=O) groups excluding carboxylic acids is 1. The summed E-state index contributed by atoms with van der Waals surface area (Å²) < 4.78 is 1.73. The molecule has 0 radical (unpaired) electrons. The molecule has 2 unspecified atom stereocenters. The van der Waals surface area contributed by atoms with Crippen LogP contribution in [-0.2, 0) is 0 Å². The molecule has 2 aromatic heterocycles. The van der Waals surface area contributed by atoms with Gasteiger partial charge in [-0.15, -0.1) is 0 Å². The smallest absolute Gasteiger partial charge is 0.234 e. The Hall–Kier alpha value is -2.08. The van der Waals surface area contributed by atoms with Crippen molar-refractivity contribution in [1.29, 1.82) is 0 Å². The number of aromatic nitrogens is 4. The molecule has 2 aliphatic rings. The normalized spacial score (nSPS) is 27.8. The maximum Gasteiger partial charge on any atom is 0.234 e. The third-order valence-electron chi connectivity index (χ3n) is 5.37. The second-order valence-corrected chi connectivity index (χ2v) is 6.68. The van der Waals surface area contributed by atoms with Crippen LogP contribution in [0.15, 0.2) is 31.1 Å². The quantitative estimate of drug-likeness (QED) is 0.812. The van der Waals surface area contributed by atoms with Crippen molar-refractivity contribution in [1.82, 2.24) is 24.4 Å². The summed E-state index contributed by atoms with van der Waals surface area (Å²) in [5, 5.41) is 0. The van der Waals surface area contributed by atoms with E-state index in [0.717, 1.165) is 12.8 Å². The van der Waals surface area contributed by atoms with E-state index in [-0.39, 0.29) is 11.7 Å². The van der Waals surface area contributed by atoms with E-state index >= 15 is 0 Å². The molecule has 0 aliphatic carbocycles. The summed E-state index contributed by atoms with van der Waals surface area (Å²) in [7, 11) is 2.21. The molecule has 2 saturated heterocycles. The topological polar surface area (TPSA) is 63.9 Å². The Labute approximate surface area is 135 Å². The zero-order chi connectivity index (χ0) is 15.8. The van der Waals surface area contributed by atoms with Crippen molar-refractivity contribution in [3.05, 3.63) is 36.7 Å². The molecule has 4 rings (SSSR count). The number of piperidine rings is 2. The van der Waals surface area contributed by atoms with Gasteiger partial charge < -0.3 is 4.90 Å². The first-order valence-corrected chi connectivity index (χ1v) is 8.29. The fraction of sp³-hybridized carbons (Fsp3) is 0.529. The van der Waals surface area contributed by atoms with Crippen LogP contribution in [0.3, 0.4) is 0 Å². The van der Waals surface area contributed by atoms with Gasteiger partial charge in [-0.3, -0.25) is 9.36 Å². The second-order valence-electron chi connectivity index (χ2n) is 6.68. The number of ketones is 1. The second kappa shape index (κ2) is 5.85. The van der Waals surface area contributed by atoms with Gasteiger partial charge in [-0.25, -0.2) is 15.0 Å². The molecule has 2 aromatic rings. The predicted octanol–water partition coefficient (Wildman–Crippen LogP) is 2.11. The van der Waals surface area contributed by atoms with E-state index in [2.05, 4.69) is 26.9 Å². The number of rotatable bonds is 3. The minimum Gasteiger partial charge on any atom is -0.300 e. The molecule has 2 atom stereocenters. The van der Waals surface area contributed by atoms with Crippen LogP contribution in [0.4, 0.5) is 0 Å². The van der Waals surface area contributed by atoms with E-state index in [1.165, 1.54) is 19.3 Å². The van der Waals surface area contributed by atoms with Crippen LogP contribution in [0.25, 0.3) is 5.95 Å². The molecule has 2 fully saturated rings. The lowest BCUT2D eigenvalue weighted by atomic mass is 9.76.